The molecule has 0 unspecified atom stereocenters. The van der Waals surface area contributed by atoms with Gasteiger partial charge in [0, 0.05) is 60.7 Å². The molecule has 0 radical (unpaired) electrons. The van der Waals surface area contributed by atoms with Crippen molar-refractivity contribution in [1.82, 2.24) is 48.1 Å². The lowest BCUT2D eigenvalue weighted by Gasteiger charge is -2.23. The van der Waals surface area contributed by atoms with Gasteiger partial charge in [0.1, 0.15) is 17.1 Å². The van der Waals surface area contributed by atoms with Gasteiger partial charge in [-0.05, 0) is 169 Å². The van der Waals surface area contributed by atoms with E-state index in [-0.39, 0.29) is 37.1 Å². The summed E-state index contributed by atoms with van der Waals surface area (Å²) in [6.07, 6.45) is 19.1. The van der Waals surface area contributed by atoms with Crippen LogP contribution < -0.4 is 43.5 Å². The predicted octanol–water partition coefficient (Wildman–Crippen LogP) is 12.7. The number of nitrogens with one attached hydrogen (secondary N) is 1. The van der Waals surface area contributed by atoms with Crippen molar-refractivity contribution in [2.24, 2.45) is 0 Å². The molecule has 0 saturated heterocycles. The molecule has 0 amide bonds. The molecule has 0 fully saturated rings. The first-order valence-corrected chi connectivity index (χ1v) is 37.3. The van der Waals surface area contributed by atoms with E-state index in [4.69, 9.17) is 48.3 Å². The Morgan fingerprint density at radius 3 is 1.07 bits per heavy atom. The molecule has 23 nitrogen and oxygen atoms in total. The van der Waals surface area contributed by atoms with Crippen molar-refractivity contribution in [2.75, 3.05) is 192 Å². The topological polar surface area (TPSA) is 247 Å². The van der Waals surface area contributed by atoms with Crippen LogP contribution in [-0.2, 0) is 51.4 Å². The standard InChI is InChI=1S/C17H27N4.C16H25N4O.C16H25N4.C15H26N5.C15H25N4O.5CH3/c1-21(2,3)12-5-4-8-14-17(18)16-11-10-13-7-6-9-15(13)20(16)19-14;1-20(2,3)10-5-11-21-16-15(17)14-9-8-12-6-4-7-13(12)19(14)18-16;1-20(2,3)11-5-7-13-16(17)15-10-9-12-6-4-8-14(12)19(15)18-13;1-11-7-8-13-14(16)15(18-19(13)12(11)2)17-9-6-10-20(3,4)5;1-11-7-8-13-14(16)15(17-18(13)12(11)2)20-10-6-9-19(3,4)5;;;;;/h10-11H,4-9,12,18H2,1-3H3;8-9H,4-7,10-11,17H2,1-3H3;9-10H,4-8,11,17H2,1-3H3;7-8H,6,9-10,16H2,1-5H3,(H,17,18);7-8H,6,9-10,16H2,1-5H3;5*1H3/q5*+1;5*-1. The number of anilines is 6. The summed E-state index contributed by atoms with van der Waals surface area (Å²) in [6.45, 7) is 16.0. The smallest absolute Gasteiger partial charge is 0.257 e. The van der Waals surface area contributed by atoms with Gasteiger partial charge in [0.2, 0.25) is 0 Å². The van der Waals surface area contributed by atoms with Crippen LogP contribution >= 0.6 is 0 Å². The van der Waals surface area contributed by atoms with Gasteiger partial charge in [-0.25, -0.2) is 22.6 Å². The van der Waals surface area contributed by atoms with Gasteiger partial charge >= 0.3 is 0 Å². The minimum absolute atomic E-state index is 0. The van der Waals surface area contributed by atoms with E-state index in [1.807, 2.05) is 32.6 Å². The quantitative estimate of drug-likeness (QED) is 0.0187. The summed E-state index contributed by atoms with van der Waals surface area (Å²) in [6, 6.07) is 21.1. The van der Waals surface area contributed by atoms with Crippen LogP contribution in [0.25, 0.3) is 27.6 Å². The van der Waals surface area contributed by atoms with Crippen LogP contribution in [0.15, 0.2) is 60.7 Å². The second kappa shape index (κ2) is 38.1. The Morgan fingerprint density at radius 2 is 0.664 bits per heavy atom. The first-order valence-electron chi connectivity index (χ1n) is 37.3. The first-order chi connectivity index (χ1) is 48.0. The van der Waals surface area contributed by atoms with Gasteiger partial charge in [-0.2, -0.15) is 10.2 Å². The summed E-state index contributed by atoms with van der Waals surface area (Å²) in [5.41, 5.74) is 55.0. The van der Waals surface area contributed by atoms with Crippen LogP contribution in [0.4, 0.5) is 34.3 Å². The highest BCUT2D eigenvalue weighted by atomic mass is 16.5. The van der Waals surface area contributed by atoms with Gasteiger partial charge in [0.15, 0.2) is 5.82 Å². The fraction of sp³-hybridized carbons (Fsp3) is 0.524. The molecule has 10 heterocycles. The van der Waals surface area contributed by atoms with E-state index in [0.29, 0.717) is 36.3 Å². The zero-order chi connectivity index (χ0) is 74.2. The number of nitrogen functional groups attached to an aromatic ring is 5. The molecule has 13 rings (SSSR count). The molecule has 596 valence electrons. The number of hydrogen-bond donors (Lipinski definition) is 6. The number of unbranched alkanes of at least 4 members (excludes halogenated alkanes) is 1. The molecule has 0 aliphatic heterocycles. The zero-order valence-corrected chi connectivity index (χ0v) is 70.9. The SMILES string of the molecule is C[N+](C)(C)CCCCc1nn2c3c(ccc2c1N)CCC3.C[N+](C)(C)CCCOc1nn2c3c(ccc2c1N)CCC3.C[N+](C)(C)CCCc1nn2c3c(ccc2c1N)CCC3.Cc1ccc2c(N)c(NCCC[N+](C)(C)C)nn2c1C.Cc1ccc2c(N)c(OCCC[N+](C)(C)C)nn2c1C.[CH3-].[CH3-].[CH3-].[CH3-].[CH3-]. The zero-order valence-electron chi connectivity index (χ0n) is 70.9. The Labute approximate surface area is 644 Å². The second-order valence-electron chi connectivity index (χ2n) is 33.9. The third kappa shape index (κ3) is 23.8. The van der Waals surface area contributed by atoms with Gasteiger partial charge in [0.25, 0.3) is 11.8 Å². The molecule has 0 atom stereocenters. The normalized spacial score (nSPS) is 13.1. The number of hydrogen-bond acceptors (Lipinski definition) is 13. The Balaban J connectivity index is 0.000000280. The maximum atomic E-state index is 6.31. The largest absolute Gasteiger partial charge is 0.475 e. The molecule has 0 aromatic carbocycles. The summed E-state index contributed by atoms with van der Waals surface area (Å²) < 4.78 is 26.4. The number of fused-ring (bicyclic) bond motifs is 11. The molecule has 0 spiro atoms. The Hall–Kier alpha value is -8.35. The number of rotatable bonds is 24. The monoisotopic (exact) mass is 1480 g/mol. The second-order valence-corrected chi connectivity index (χ2v) is 33.9. The molecular weight excluding hydrogens is 1340 g/mol. The fourth-order valence-corrected chi connectivity index (χ4v) is 13.7. The van der Waals surface area contributed by atoms with Gasteiger partial charge in [0.05, 0.1) is 202 Å². The van der Waals surface area contributed by atoms with Crippen molar-refractivity contribution < 1.29 is 31.9 Å². The lowest BCUT2D eigenvalue weighted by molar-refractivity contribution is -0.870. The number of aryl methyl sites for hydroxylation is 12. The maximum Gasteiger partial charge on any atom is 0.257 e. The predicted molar refractivity (Wildman–Crippen MR) is 454 cm³/mol. The summed E-state index contributed by atoms with van der Waals surface area (Å²) in [5, 5.41) is 26.6. The van der Waals surface area contributed by atoms with Gasteiger partial charge in [-0.3, -0.25) is 0 Å². The van der Waals surface area contributed by atoms with E-state index in [1.54, 1.807) is 0 Å². The summed E-state index contributed by atoms with van der Waals surface area (Å²) in [7, 11) is 33.0. The molecule has 3 aliphatic rings. The minimum Gasteiger partial charge on any atom is -0.475 e. The molecule has 107 heavy (non-hydrogen) atoms. The van der Waals surface area contributed by atoms with Crippen LogP contribution in [0.5, 0.6) is 11.8 Å². The molecular formula is C84H143N21O2. The van der Waals surface area contributed by atoms with Gasteiger partial charge < -0.3 is 103 Å². The van der Waals surface area contributed by atoms with E-state index in [1.165, 1.54) is 90.0 Å². The average molecular weight is 1480 g/mol. The highest BCUT2D eigenvalue weighted by molar-refractivity contribution is 5.81. The highest BCUT2D eigenvalue weighted by Gasteiger charge is 2.24. The number of ether oxygens (including phenoxy) is 2. The lowest BCUT2D eigenvalue weighted by atomic mass is 10.1. The average Bonchev–Trinajstić information content (AvgIpc) is 1.66. The Bertz CT molecular complexity index is 4250. The van der Waals surface area contributed by atoms with Crippen molar-refractivity contribution in [1.29, 1.82) is 0 Å². The minimum atomic E-state index is 0. The molecule has 23 heteroatoms. The Kier molecular flexibility index (Phi) is 32.5. The van der Waals surface area contributed by atoms with Gasteiger partial charge in [-0.1, -0.05) is 30.3 Å². The maximum absolute atomic E-state index is 6.31. The molecule has 11 N–H and O–H groups in total. The van der Waals surface area contributed by atoms with Crippen molar-refractivity contribution in [2.45, 2.75) is 137 Å². The lowest BCUT2D eigenvalue weighted by Crippen LogP contribution is -2.36. The summed E-state index contributed by atoms with van der Waals surface area (Å²) in [5.74, 6) is 1.91. The van der Waals surface area contributed by atoms with E-state index in [0.717, 1.165) is 199 Å². The molecule has 10 aromatic heterocycles. The molecule has 10 aromatic rings. The molecule has 3 aliphatic carbocycles. The van der Waals surface area contributed by atoms with Crippen LogP contribution in [-0.4, -0.2) is 229 Å². The number of pyridine rings is 5. The number of nitrogens with two attached hydrogens (primary N) is 5. The van der Waals surface area contributed by atoms with E-state index < -0.39 is 0 Å². The Morgan fingerprint density at radius 1 is 0.346 bits per heavy atom. The van der Waals surface area contributed by atoms with Crippen molar-refractivity contribution in [3.05, 3.63) is 165 Å². The van der Waals surface area contributed by atoms with E-state index >= 15 is 0 Å². The number of quaternary nitrogens is 5. The third-order valence-electron chi connectivity index (χ3n) is 19.9. The van der Waals surface area contributed by atoms with Crippen LogP contribution in [0, 0.1) is 64.8 Å². The van der Waals surface area contributed by atoms with Crippen LogP contribution in [0.2, 0.25) is 0 Å². The number of aromatic nitrogens is 10. The van der Waals surface area contributed by atoms with Crippen molar-refractivity contribution in [3.63, 3.8) is 0 Å². The first kappa shape index (κ1) is 91.0. The molecule has 0 saturated carbocycles. The number of nitrogens with zero attached hydrogens (tertiary/aromatic N) is 15. The fourth-order valence-electron chi connectivity index (χ4n) is 13.7. The van der Waals surface area contributed by atoms with Crippen molar-refractivity contribution >= 4 is 61.8 Å². The van der Waals surface area contributed by atoms with Crippen LogP contribution in [0.3, 0.4) is 0 Å². The van der Waals surface area contributed by atoms with E-state index in [2.05, 4.69) is 205 Å². The van der Waals surface area contributed by atoms with Crippen molar-refractivity contribution in [3.8, 4) is 11.8 Å². The van der Waals surface area contributed by atoms with E-state index in [9.17, 15) is 0 Å². The third-order valence-corrected chi connectivity index (χ3v) is 19.9. The highest BCUT2D eigenvalue weighted by Crippen LogP contribution is 2.34. The van der Waals surface area contributed by atoms with Crippen LogP contribution in [0.1, 0.15) is 125 Å². The summed E-state index contributed by atoms with van der Waals surface area (Å²) in [4.78, 5) is 0. The molecule has 0 bridgehead atoms. The summed E-state index contributed by atoms with van der Waals surface area (Å²) >= 11 is 0. The van der Waals surface area contributed by atoms with Gasteiger partial charge in [-0.15, -0.1) is 15.3 Å².